The Morgan fingerprint density at radius 3 is 2.00 bits per heavy atom. The van der Waals surface area contributed by atoms with Crippen LogP contribution in [0.25, 0.3) is 10.9 Å². The number of aliphatic hydroxyl groups excluding tert-OH is 2. The van der Waals surface area contributed by atoms with Crippen LogP contribution in [0.15, 0.2) is 48.7 Å². The van der Waals surface area contributed by atoms with Crippen LogP contribution in [0.2, 0.25) is 10.0 Å². The van der Waals surface area contributed by atoms with Crippen LogP contribution in [0, 0.1) is 22.7 Å². The Hall–Kier alpha value is -2.18. The van der Waals surface area contributed by atoms with Crippen molar-refractivity contribution in [1.29, 1.82) is 0 Å². The van der Waals surface area contributed by atoms with Crippen LogP contribution in [-0.4, -0.2) is 38.6 Å². The molecular weight excluding hydrogens is 533 g/mol. The van der Waals surface area contributed by atoms with Gasteiger partial charge in [0.05, 0.1) is 24.0 Å². The highest BCUT2D eigenvalue weighted by Gasteiger charge is 2.52. The molecule has 5 atom stereocenters. The van der Waals surface area contributed by atoms with Crippen LogP contribution in [0.3, 0.4) is 0 Å². The molecular formula is C32H37Cl2NO4. The summed E-state index contributed by atoms with van der Waals surface area (Å²) in [7, 11) is 0. The molecule has 0 saturated heterocycles. The van der Waals surface area contributed by atoms with Crippen molar-refractivity contribution in [3.63, 3.8) is 0 Å². The van der Waals surface area contributed by atoms with Gasteiger partial charge in [0, 0.05) is 52.4 Å². The third kappa shape index (κ3) is 5.56. The summed E-state index contributed by atoms with van der Waals surface area (Å²) in [6.45, 7) is 8.43. The molecule has 5 rings (SSSR count). The van der Waals surface area contributed by atoms with E-state index >= 15 is 0 Å². The number of nitrogens with zero attached hydrogens (tertiary/aromatic N) is 1. The van der Waals surface area contributed by atoms with Gasteiger partial charge >= 0.3 is 0 Å². The molecule has 5 nitrogen and oxygen atoms in total. The molecule has 0 spiro atoms. The molecule has 0 radical (unpaired) electrons. The van der Waals surface area contributed by atoms with Crippen molar-refractivity contribution < 1.29 is 19.8 Å². The van der Waals surface area contributed by atoms with E-state index in [9.17, 15) is 19.8 Å². The van der Waals surface area contributed by atoms with Crippen LogP contribution in [0.5, 0.6) is 0 Å². The van der Waals surface area contributed by atoms with Crippen molar-refractivity contribution in [3.8, 4) is 0 Å². The van der Waals surface area contributed by atoms with Crippen molar-refractivity contribution in [2.75, 3.05) is 0 Å². The number of carbonyl (C=O) groups excluding carboxylic acids is 2. The summed E-state index contributed by atoms with van der Waals surface area (Å²) >= 11 is 12.6. The maximum Gasteiger partial charge on any atom is 0.139 e. The van der Waals surface area contributed by atoms with E-state index in [2.05, 4.69) is 4.57 Å². The molecule has 2 aliphatic rings. The molecule has 0 aliphatic heterocycles. The highest BCUT2D eigenvalue weighted by atomic mass is 35.5. The maximum atomic E-state index is 13.7. The van der Waals surface area contributed by atoms with Crippen molar-refractivity contribution in [2.45, 2.75) is 78.0 Å². The number of ketones is 2. The molecule has 2 aromatic carbocycles. The Kier molecular flexibility index (Phi) is 7.51. The Bertz CT molecular complexity index is 1380. The average Bonchev–Trinajstić information content (AvgIpc) is 3.15. The first-order chi connectivity index (χ1) is 18.3. The molecule has 1 aromatic heterocycles. The zero-order valence-electron chi connectivity index (χ0n) is 23.0. The number of aliphatic hydroxyl groups is 2. The summed E-state index contributed by atoms with van der Waals surface area (Å²) in [6, 6.07) is 13.3. The van der Waals surface area contributed by atoms with Crippen molar-refractivity contribution in [3.05, 3.63) is 69.8 Å². The van der Waals surface area contributed by atoms with Gasteiger partial charge < -0.3 is 14.8 Å². The standard InChI is InChI=1S/C32H37Cl2NO4/c1-31(2)12-24(36)29(25(37)13-31)28(30-26(38)14-32(3,4)15-27(30)39)21-17-35(23-8-6-5-7-20(21)23)16-18-9-10-19(33)11-22(18)34/h5-11,17,24,26,28-30,36,38H,12-16H2,1-4H3/t24-,26-,28?,29-,30+/m0/s1. The molecule has 2 fully saturated rings. The quantitative estimate of drug-likeness (QED) is 0.353. The number of rotatable bonds is 5. The highest BCUT2D eigenvalue weighted by Crippen LogP contribution is 2.51. The van der Waals surface area contributed by atoms with E-state index in [4.69, 9.17) is 23.2 Å². The van der Waals surface area contributed by atoms with Gasteiger partial charge in [0.15, 0.2) is 0 Å². The zero-order valence-corrected chi connectivity index (χ0v) is 24.5. The Morgan fingerprint density at radius 2 is 1.46 bits per heavy atom. The predicted molar refractivity (Wildman–Crippen MR) is 155 cm³/mol. The second kappa shape index (κ2) is 10.3. The molecule has 2 N–H and O–H groups in total. The van der Waals surface area contributed by atoms with Crippen LogP contribution < -0.4 is 0 Å². The summed E-state index contributed by atoms with van der Waals surface area (Å²) in [5.41, 5.74) is 1.97. The summed E-state index contributed by atoms with van der Waals surface area (Å²) in [6.07, 6.45) is 1.74. The summed E-state index contributed by atoms with van der Waals surface area (Å²) in [4.78, 5) is 27.5. The SMILES string of the molecule is CC1(C)CC(=O)[C@H](C(c2cn(Cc3ccc(Cl)cc3Cl)c3ccccc23)[C@@H]2C(=O)CC(C)(C)C[C@@H]2O)[C@@H](O)C1. The minimum Gasteiger partial charge on any atom is -0.392 e. The lowest BCUT2D eigenvalue weighted by Crippen LogP contribution is -2.51. The van der Waals surface area contributed by atoms with Crippen molar-refractivity contribution >= 4 is 45.7 Å². The molecule has 3 aromatic rings. The van der Waals surface area contributed by atoms with Gasteiger partial charge in [0.1, 0.15) is 11.6 Å². The van der Waals surface area contributed by atoms with E-state index in [0.29, 0.717) is 42.3 Å². The largest absolute Gasteiger partial charge is 0.392 e. The Morgan fingerprint density at radius 1 is 0.897 bits per heavy atom. The fraction of sp³-hybridized carbons (Fsp3) is 0.500. The van der Waals surface area contributed by atoms with E-state index in [1.165, 1.54) is 0 Å². The summed E-state index contributed by atoms with van der Waals surface area (Å²) in [5, 5.41) is 24.9. The second-order valence-electron chi connectivity index (χ2n) is 13.2. The van der Waals surface area contributed by atoms with E-state index in [1.54, 1.807) is 12.1 Å². The molecule has 208 valence electrons. The minimum atomic E-state index is -0.908. The molecule has 0 bridgehead atoms. The van der Waals surface area contributed by atoms with Crippen LogP contribution in [0.1, 0.15) is 70.4 Å². The number of Topliss-reactive ketones (excluding diaryl/α,β-unsaturated/α-hetero) is 2. The third-order valence-corrected chi connectivity index (χ3v) is 9.30. The van der Waals surface area contributed by atoms with Gasteiger partial charge in [0.2, 0.25) is 0 Å². The van der Waals surface area contributed by atoms with Gasteiger partial charge in [0.25, 0.3) is 0 Å². The van der Waals surface area contributed by atoms with Gasteiger partial charge in [-0.3, -0.25) is 9.59 Å². The van der Waals surface area contributed by atoms with Gasteiger partial charge in [-0.15, -0.1) is 0 Å². The fourth-order valence-corrected chi connectivity index (χ4v) is 7.60. The fourth-order valence-electron chi connectivity index (χ4n) is 7.13. The summed E-state index contributed by atoms with van der Waals surface area (Å²) in [5.74, 6) is -2.30. The number of aromatic nitrogens is 1. The van der Waals surface area contributed by atoms with Crippen LogP contribution in [-0.2, 0) is 16.1 Å². The predicted octanol–water partition coefficient (Wildman–Crippen LogP) is 6.81. The molecule has 1 unspecified atom stereocenters. The average molecular weight is 571 g/mol. The van der Waals surface area contributed by atoms with E-state index in [1.807, 2.05) is 64.2 Å². The molecule has 1 heterocycles. The zero-order chi connectivity index (χ0) is 28.3. The monoisotopic (exact) mass is 569 g/mol. The molecule has 0 amide bonds. The summed E-state index contributed by atoms with van der Waals surface area (Å²) < 4.78 is 2.07. The van der Waals surface area contributed by atoms with Crippen LogP contribution >= 0.6 is 23.2 Å². The number of hydrogen-bond donors (Lipinski definition) is 2. The lowest BCUT2D eigenvalue weighted by Gasteiger charge is -2.46. The minimum absolute atomic E-state index is 0.0499. The van der Waals surface area contributed by atoms with E-state index < -0.39 is 30.0 Å². The topological polar surface area (TPSA) is 79.5 Å². The van der Waals surface area contributed by atoms with Gasteiger partial charge in [-0.25, -0.2) is 0 Å². The van der Waals surface area contributed by atoms with E-state index in [-0.39, 0.29) is 22.4 Å². The van der Waals surface area contributed by atoms with E-state index in [0.717, 1.165) is 22.0 Å². The second-order valence-corrected chi connectivity index (χ2v) is 14.0. The first-order valence-corrected chi connectivity index (χ1v) is 14.5. The third-order valence-electron chi connectivity index (χ3n) is 8.71. The van der Waals surface area contributed by atoms with Crippen molar-refractivity contribution in [1.82, 2.24) is 4.57 Å². The lowest BCUT2D eigenvalue weighted by molar-refractivity contribution is -0.144. The number of carbonyl (C=O) groups is 2. The molecule has 2 saturated carbocycles. The Balaban J connectivity index is 1.67. The normalized spacial score (nSPS) is 27.6. The van der Waals surface area contributed by atoms with Gasteiger partial charge in [-0.05, 0) is 53.0 Å². The smallest absolute Gasteiger partial charge is 0.139 e. The maximum absolute atomic E-state index is 13.7. The number of benzene rings is 2. The number of para-hydroxylation sites is 1. The van der Waals surface area contributed by atoms with Crippen molar-refractivity contribution in [2.24, 2.45) is 22.7 Å². The molecule has 7 heteroatoms. The first-order valence-electron chi connectivity index (χ1n) is 13.7. The number of hydrogen-bond acceptors (Lipinski definition) is 4. The Labute approximate surface area is 240 Å². The highest BCUT2D eigenvalue weighted by molar-refractivity contribution is 6.35. The number of fused-ring (bicyclic) bond motifs is 1. The van der Waals surface area contributed by atoms with Crippen LogP contribution in [0.4, 0.5) is 0 Å². The molecule has 2 aliphatic carbocycles. The lowest BCUT2D eigenvalue weighted by atomic mass is 9.58. The molecule has 39 heavy (non-hydrogen) atoms. The van der Waals surface area contributed by atoms with Gasteiger partial charge in [-0.2, -0.15) is 0 Å². The number of halogens is 2. The first kappa shape index (κ1) is 28.4. The van der Waals surface area contributed by atoms with Gasteiger partial charge in [-0.1, -0.05) is 75.2 Å².